The summed E-state index contributed by atoms with van der Waals surface area (Å²) in [4.78, 5) is 10.4. The van der Waals surface area contributed by atoms with Crippen molar-refractivity contribution < 1.29 is 4.79 Å². The normalized spacial score (nSPS) is 12.4. The van der Waals surface area contributed by atoms with Crippen LogP contribution in [-0.2, 0) is 4.79 Å². The summed E-state index contributed by atoms with van der Waals surface area (Å²) in [7, 11) is 0. The van der Waals surface area contributed by atoms with Gasteiger partial charge in [-0.25, -0.2) is 0 Å². The van der Waals surface area contributed by atoms with Gasteiger partial charge in [0.2, 0.25) is 0 Å². The maximum Gasteiger partial charge on any atom is 0.145 e. The molecule has 0 aromatic rings. The first-order chi connectivity index (χ1) is 7.60. The highest BCUT2D eigenvalue weighted by atomic mass is 16.1. The number of allylic oxidation sites excluding steroid dienone is 6. The number of rotatable bonds is 8. The monoisotopic (exact) mass is 218 g/mol. The predicted molar refractivity (Wildman–Crippen MR) is 71.4 cm³/mol. The van der Waals surface area contributed by atoms with Crippen LogP contribution in [0.5, 0.6) is 0 Å². The molecular formula is C15H22O. The van der Waals surface area contributed by atoms with Gasteiger partial charge in [0.1, 0.15) is 6.29 Å². The molecule has 88 valence electrons. The van der Waals surface area contributed by atoms with Crippen LogP contribution in [0.3, 0.4) is 0 Å². The number of hydrogen-bond donors (Lipinski definition) is 0. The summed E-state index contributed by atoms with van der Waals surface area (Å²) in [5.41, 5.74) is 3.26. The molecule has 0 atom stereocenters. The Hall–Kier alpha value is -1.37. The van der Waals surface area contributed by atoms with Gasteiger partial charge in [-0.3, -0.25) is 4.79 Å². The van der Waals surface area contributed by atoms with Crippen LogP contribution in [0.4, 0.5) is 0 Å². The highest BCUT2D eigenvalue weighted by Crippen LogP contribution is 2.10. The van der Waals surface area contributed by atoms with Gasteiger partial charge in [-0.2, -0.15) is 0 Å². The number of hydrogen-bond acceptors (Lipinski definition) is 1. The zero-order valence-corrected chi connectivity index (χ0v) is 10.5. The Morgan fingerprint density at radius 2 is 1.75 bits per heavy atom. The lowest BCUT2D eigenvalue weighted by Crippen LogP contribution is -1.81. The van der Waals surface area contributed by atoms with Crippen molar-refractivity contribution in [1.29, 1.82) is 0 Å². The second-order valence-corrected chi connectivity index (χ2v) is 4.06. The van der Waals surface area contributed by atoms with Crippen LogP contribution in [0, 0.1) is 0 Å². The molecule has 0 rings (SSSR count). The van der Waals surface area contributed by atoms with Crippen molar-refractivity contribution in [2.45, 2.75) is 39.5 Å². The standard InChI is InChI=1S/C15H22O/c1-5-13(2)8-6-9-14(3)10-7-11-15(4)12-16/h5,9,11-12H,1-2,6-8,10H2,3-4H3/b14-9?,15-11+. The molecule has 0 amide bonds. The molecule has 0 aromatic heterocycles. The van der Waals surface area contributed by atoms with E-state index in [0.717, 1.165) is 43.1 Å². The van der Waals surface area contributed by atoms with E-state index in [1.54, 1.807) is 6.08 Å². The summed E-state index contributed by atoms with van der Waals surface area (Å²) in [5, 5.41) is 0. The van der Waals surface area contributed by atoms with Crippen LogP contribution < -0.4 is 0 Å². The van der Waals surface area contributed by atoms with Gasteiger partial charge in [-0.15, -0.1) is 0 Å². The van der Waals surface area contributed by atoms with Crippen LogP contribution in [0.1, 0.15) is 39.5 Å². The van der Waals surface area contributed by atoms with E-state index in [1.807, 2.05) is 13.0 Å². The SMILES string of the molecule is C=CC(=C)CCC=C(C)CC/C=C(\C)C=O. The molecule has 1 nitrogen and oxygen atoms in total. The van der Waals surface area contributed by atoms with Crippen LogP contribution in [-0.4, -0.2) is 6.29 Å². The lowest BCUT2D eigenvalue weighted by atomic mass is 10.1. The smallest absolute Gasteiger partial charge is 0.145 e. The Kier molecular flexibility index (Phi) is 8.14. The first-order valence-electron chi connectivity index (χ1n) is 5.68. The summed E-state index contributed by atoms with van der Waals surface area (Å²) < 4.78 is 0. The van der Waals surface area contributed by atoms with Crippen molar-refractivity contribution in [2.24, 2.45) is 0 Å². The Morgan fingerprint density at radius 1 is 1.12 bits per heavy atom. The highest BCUT2D eigenvalue weighted by Gasteiger charge is 1.91. The first-order valence-corrected chi connectivity index (χ1v) is 5.68. The zero-order chi connectivity index (χ0) is 12.4. The third-order valence-corrected chi connectivity index (χ3v) is 2.44. The van der Waals surface area contributed by atoms with E-state index in [2.05, 4.69) is 26.2 Å². The second-order valence-electron chi connectivity index (χ2n) is 4.06. The molecule has 16 heavy (non-hydrogen) atoms. The Bertz CT molecular complexity index is 305. The third kappa shape index (κ3) is 7.98. The van der Waals surface area contributed by atoms with Gasteiger partial charge >= 0.3 is 0 Å². The molecule has 0 unspecified atom stereocenters. The van der Waals surface area contributed by atoms with Crippen molar-refractivity contribution in [3.63, 3.8) is 0 Å². The van der Waals surface area contributed by atoms with Gasteiger partial charge in [0.25, 0.3) is 0 Å². The molecule has 0 saturated heterocycles. The zero-order valence-electron chi connectivity index (χ0n) is 10.5. The van der Waals surface area contributed by atoms with Crippen LogP contribution in [0.15, 0.2) is 48.1 Å². The van der Waals surface area contributed by atoms with Crippen molar-refractivity contribution in [3.05, 3.63) is 48.1 Å². The minimum atomic E-state index is 0.813. The van der Waals surface area contributed by atoms with Crippen LogP contribution >= 0.6 is 0 Å². The molecule has 1 heteroatoms. The van der Waals surface area contributed by atoms with Crippen LogP contribution in [0.25, 0.3) is 0 Å². The molecule has 0 saturated carbocycles. The Balaban J connectivity index is 3.83. The van der Waals surface area contributed by atoms with E-state index in [9.17, 15) is 4.79 Å². The molecular weight excluding hydrogens is 196 g/mol. The fourth-order valence-electron chi connectivity index (χ4n) is 1.28. The molecule has 0 aliphatic rings. The Labute approximate surface area is 99.3 Å². The number of carbonyl (C=O) groups is 1. The second kappa shape index (κ2) is 8.90. The fraction of sp³-hybridized carbons (Fsp3) is 0.400. The van der Waals surface area contributed by atoms with Crippen molar-refractivity contribution in [2.75, 3.05) is 0 Å². The van der Waals surface area contributed by atoms with Gasteiger partial charge in [-0.1, -0.05) is 42.5 Å². The Morgan fingerprint density at radius 3 is 2.31 bits per heavy atom. The van der Waals surface area contributed by atoms with E-state index in [-0.39, 0.29) is 0 Å². The lowest BCUT2D eigenvalue weighted by molar-refractivity contribution is -0.104. The summed E-state index contributed by atoms with van der Waals surface area (Å²) in [5.74, 6) is 0. The van der Waals surface area contributed by atoms with Crippen molar-refractivity contribution in [3.8, 4) is 0 Å². The predicted octanol–water partition coefficient (Wildman–Crippen LogP) is 4.38. The quantitative estimate of drug-likeness (QED) is 0.256. The molecule has 0 aliphatic carbocycles. The lowest BCUT2D eigenvalue weighted by Gasteiger charge is -1.99. The van der Waals surface area contributed by atoms with Crippen molar-refractivity contribution >= 4 is 6.29 Å². The molecule has 0 N–H and O–H groups in total. The molecule has 0 fully saturated rings. The minimum Gasteiger partial charge on any atom is -0.298 e. The average molecular weight is 218 g/mol. The van der Waals surface area contributed by atoms with E-state index < -0.39 is 0 Å². The molecule has 0 aliphatic heterocycles. The molecule has 0 spiro atoms. The van der Waals surface area contributed by atoms with E-state index >= 15 is 0 Å². The number of aldehydes is 1. The first kappa shape index (κ1) is 14.6. The molecule has 0 bridgehead atoms. The van der Waals surface area contributed by atoms with Gasteiger partial charge in [0.05, 0.1) is 0 Å². The fourth-order valence-corrected chi connectivity index (χ4v) is 1.28. The maximum atomic E-state index is 10.4. The summed E-state index contributed by atoms with van der Waals surface area (Å²) in [6.07, 6.45) is 10.9. The van der Waals surface area contributed by atoms with Gasteiger partial charge in [0.15, 0.2) is 0 Å². The summed E-state index contributed by atoms with van der Waals surface area (Å²) >= 11 is 0. The highest BCUT2D eigenvalue weighted by molar-refractivity contribution is 5.71. The maximum absolute atomic E-state index is 10.4. The minimum absolute atomic E-state index is 0.813. The van der Waals surface area contributed by atoms with Gasteiger partial charge in [-0.05, 0) is 45.1 Å². The molecule has 0 aromatic carbocycles. The molecule has 0 radical (unpaired) electrons. The number of carbonyl (C=O) groups excluding carboxylic acids is 1. The van der Waals surface area contributed by atoms with Crippen molar-refractivity contribution in [1.82, 2.24) is 0 Å². The van der Waals surface area contributed by atoms with E-state index in [0.29, 0.717) is 0 Å². The van der Waals surface area contributed by atoms with Gasteiger partial charge < -0.3 is 0 Å². The summed E-state index contributed by atoms with van der Waals surface area (Å²) in [6.45, 7) is 11.5. The van der Waals surface area contributed by atoms with E-state index in [1.165, 1.54) is 5.57 Å². The third-order valence-electron chi connectivity index (χ3n) is 2.44. The van der Waals surface area contributed by atoms with E-state index in [4.69, 9.17) is 0 Å². The van der Waals surface area contributed by atoms with Crippen LogP contribution in [0.2, 0.25) is 0 Å². The summed E-state index contributed by atoms with van der Waals surface area (Å²) in [6, 6.07) is 0. The average Bonchev–Trinajstić information content (AvgIpc) is 2.28. The molecule has 0 heterocycles. The van der Waals surface area contributed by atoms with Gasteiger partial charge in [0, 0.05) is 0 Å². The topological polar surface area (TPSA) is 17.1 Å². The largest absolute Gasteiger partial charge is 0.298 e.